The highest BCUT2D eigenvalue weighted by Crippen LogP contribution is 2.18. The fourth-order valence-electron chi connectivity index (χ4n) is 1.94. The van der Waals surface area contributed by atoms with E-state index in [0.29, 0.717) is 18.8 Å². The van der Waals surface area contributed by atoms with E-state index in [1.807, 2.05) is 17.7 Å². The van der Waals surface area contributed by atoms with Crippen molar-refractivity contribution in [1.82, 2.24) is 24.9 Å². The first-order valence-electron chi connectivity index (χ1n) is 6.28. The van der Waals surface area contributed by atoms with Gasteiger partial charge < -0.3 is 5.32 Å². The third-order valence-electron chi connectivity index (χ3n) is 2.85. The molecule has 0 bridgehead atoms. The van der Waals surface area contributed by atoms with E-state index >= 15 is 0 Å². The van der Waals surface area contributed by atoms with Gasteiger partial charge in [0.2, 0.25) is 0 Å². The molecule has 0 aliphatic heterocycles. The number of nitrogens with one attached hydrogen (secondary N) is 1. The van der Waals surface area contributed by atoms with Gasteiger partial charge in [-0.3, -0.25) is 9.36 Å². The van der Waals surface area contributed by atoms with Gasteiger partial charge in [0.15, 0.2) is 0 Å². The van der Waals surface area contributed by atoms with Crippen molar-refractivity contribution in [2.24, 2.45) is 0 Å². The van der Waals surface area contributed by atoms with Gasteiger partial charge in [0, 0.05) is 32.0 Å². The fraction of sp³-hybridized carbons (Fsp3) is 0.500. The Morgan fingerprint density at radius 1 is 1.05 bits per heavy atom. The second-order valence-electron chi connectivity index (χ2n) is 4.34. The summed E-state index contributed by atoms with van der Waals surface area (Å²) in [6.45, 7) is 2.55. The number of hydrogen-bond donors (Lipinski definition) is 1. The largest absolute Gasteiger partial charge is 0.408 e. The molecular weight excluding hydrogens is 307 g/mol. The molecule has 0 radical (unpaired) electrons. The van der Waals surface area contributed by atoms with E-state index in [9.17, 15) is 13.2 Å². The van der Waals surface area contributed by atoms with Crippen molar-refractivity contribution in [3.05, 3.63) is 35.9 Å². The van der Waals surface area contributed by atoms with E-state index in [1.54, 1.807) is 12.3 Å². The Balaban J connectivity index is 0.00000220. The molecule has 0 amide bonds. The Kier molecular flexibility index (Phi) is 6.22. The molecule has 0 saturated heterocycles. The highest BCUT2D eigenvalue weighted by atomic mass is 35.5. The molecule has 2 aromatic heterocycles. The summed E-state index contributed by atoms with van der Waals surface area (Å²) >= 11 is 0. The van der Waals surface area contributed by atoms with Crippen LogP contribution >= 0.6 is 12.4 Å². The number of aromatic nitrogens is 4. The first-order valence-corrected chi connectivity index (χ1v) is 6.28. The molecule has 0 aliphatic carbocycles. The molecule has 5 nitrogen and oxygen atoms in total. The molecule has 1 N–H and O–H groups in total. The van der Waals surface area contributed by atoms with Gasteiger partial charge >= 0.3 is 6.18 Å². The summed E-state index contributed by atoms with van der Waals surface area (Å²) in [4.78, 5) is 0. The SMILES string of the molecule is CCn1nccc1CNCc1ccnn1CC(F)(F)F.Cl. The van der Waals surface area contributed by atoms with Gasteiger partial charge in [-0.05, 0) is 19.1 Å². The molecule has 2 aromatic rings. The summed E-state index contributed by atoms with van der Waals surface area (Å²) in [7, 11) is 0. The molecule has 0 unspecified atom stereocenters. The van der Waals surface area contributed by atoms with Crippen molar-refractivity contribution in [3.63, 3.8) is 0 Å². The Morgan fingerprint density at radius 3 is 2.10 bits per heavy atom. The van der Waals surface area contributed by atoms with Gasteiger partial charge in [-0.2, -0.15) is 23.4 Å². The lowest BCUT2D eigenvalue weighted by molar-refractivity contribution is -0.143. The molecule has 2 heterocycles. The highest BCUT2D eigenvalue weighted by molar-refractivity contribution is 5.85. The van der Waals surface area contributed by atoms with Crippen LogP contribution in [-0.2, 0) is 26.2 Å². The van der Waals surface area contributed by atoms with Gasteiger partial charge in [0.25, 0.3) is 0 Å². The van der Waals surface area contributed by atoms with E-state index < -0.39 is 12.7 Å². The average Bonchev–Trinajstić information content (AvgIpc) is 2.97. The molecule has 0 aromatic carbocycles. The predicted molar refractivity (Wildman–Crippen MR) is 74.0 cm³/mol. The van der Waals surface area contributed by atoms with E-state index in [-0.39, 0.29) is 12.4 Å². The Labute approximate surface area is 126 Å². The summed E-state index contributed by atoms with van der Waals surface area (Å²) in [6.07, 6.45) is -1.19. The van der Waals surface area contributed by atoms with Crippen LogP contribution in [0.15, 0.2) is 24.5 Å². The summed E-state index contributed by atoms with van der Waals surface area (Å²) in [5.74, 6) is 0. The van der Waals surface area contributed by atoms with Gasteiger partial charge in [-0.1, -0.05) is 0 Å². The average molecular weight is 324 g/mol. The van der Waals surface area contributed by atoms with Crippen LogP contribution in [0.4, 0.5) is 13.2 Å². The summed E-state index contributed by atoms with van der Waals surface area (Å²) in [5.41, 5.74) is 1.50. The normalized spacial score (nSPS) is 11.4. The zero-order valence-corrected chi connectivity index (χ0v) is 12.3. The maximum absolute atomic E-state index is 12.4. The van der Waals surface area contributed by atoms with Crippen LogP contribution in [-0.4, -0.2) is 25.7 Å². The van der Waals surface area contributed by atoms with Gasteiger partial charge in [0.05, 0.1) is 11.4 Å². The maximum Gasteiger partial charge on any atom is 0.408 e. The monoisotopic (exact) mass is 323 g/mol. The molecule has 2 rings (SSSR count). The predicted octanol–water partition coefficient (Wildman–Crippen LogP) is 2.37. The lowest BCUT2D eigenvalue weighted by Gasteiger charge is -2.11. The van der Waals surface area contributed by atoms with Crippen LogP contribution in [0, 0.1) is 0 Å². The molecule has 0 spiro atoms. The summed E-state index contributed by atoms with van der Waals surface area (Å²) < 4.78 is 39.8. The van der Waals surface area contributed by atoms with E-state index in [2.05, 4.69) is 15.5 Å². The first kappa shape index (κ1) is 17.5. The van der Waals surface area contributed by atoms with Crippen LogP contribution in [0.5, 0.6) is 0 Å². The first-order chi connectivity index (χ1) is 9.49. The Morgan fingerprint density at radius 2 is 1.57 bits per heavy atom. The molecule has 9 heteroatoms. The summed E-state index contributed by atoms with van der Waals surface area (Å²) in [5, 5.41) is 10.9. The van der Waals surface area contributed by atoms with Crippen LogP contribution in [0.1, 0.15) is 18.3 Å². The lowest BCUT2D eigenvalue weighted by Crippen LogP contribution is -2.23. The molecule has 0 atom stereocenters. The van der Waals surface area contributed by atoms with Crippen LogP contribution < -0.4 is 5.32 Å². The third-order valence-corrected chi connectivity index (χ3v) is 2.85. The molecule has 0 saturated carbocycles. The van der Waals surface area contributed by atoms with Gasteiger partial charge in [-0.15, -0.1) is 12.4 Å². The van der Waals surface area contributed by atoms with Gasteiger partial charge in [-0.25, -0.2) is 0 Å². The zero-order chi connectivity index (χ0) is 14.6. The van der Waals surface area contributed by atoms with E-state index in [0.717, 1.165) is 16.9 Å². The van der Waals surface area contributed by atoms with Crippen molar-refractivity contribution in [1.29, 1.82) is 0 Å². The molecule has 0 aliphatic rings. The van der Waals surface area contributed by atoms with Crippen LogP contribution in [0.3, 0.4) is 0 Å². The second-order valence-corrected chi connectivity index (χ2v) is 4.34. The van der Waals surface area contributed by atoms with Crippen LogP contribution in [0.25, 0.3) is 0 Å². The number of nitrogens with zero attached hydrogens (tertiary/aromatic N) is 4. The van der Waals surface area contributed by atoms with Crippen molar-refractivity contribution in [3.8, 4) is 0 Å². The minimum absolute atomic E-state index is 0. The number of hydrogen-bond acceptors (Lipinski definition) is 3. The molecule has 21 heavy (non-hydrogen) atoms. The molecule has 0 fully saturated rings. The number of halogens is 4. The van der Waals surface area contributed by atoms with Crippen molar-refractivity contribution >= 4 is 12.4 Å². The number of rotatable bonds is 6. The van der Waals surface area contributed by atoms with Crippen molar-refractivity contribution in [2.75, 3.05) is 0 Å². The Hall–Kier alpha value is -1.54. The number of alkyl halides is 3. The second kappa shape index (κ2) is 7.46. The van der Waals surface area contributed by atoms with E-state index in [4.69, 9.17) is 0 Å². The maximum atomic E-state index is 12.4. The number of aryl methyl sites for hydroxylation is 1. The minimum atomic E-state index is -4.26. The smallest absolute Gasteiger partial charge is 0.306 e. The molecular formula is C12H17ClF3N5. The van der Waals surface area contributed by atoms with Crippen molar-refractivity contribution < 1.29 is 13.2 Å². The quantitative estimate of drug-likeness (QED) is 0.888. The fourth-order valence-corrected chi connectivity index (χ4v) is 1.94. The standard InChI is InChI=1S/C12H16F3N5.ClH/c1-2-19-10(3-5-17-19)7-16-8-11-4-6-18-20(11)9-12(13,14)15;/h3-6,16H,2,7-9H2,1H3;1H. The minimum Gasteiger partial charge on any atom is -0.306 e. The highest BCUT2D eigenvalue weighted by Gasteiger charge is 2.29. The molecule has 118 valence electrons. The topological polar surface area (TPSA) is 47.7 Å². The zero-order valence-electron chi connectivity index (χ0n) is 11.5. The third kappa shape index (κ3) is 5.05. The summed E-state index contributed by atoms with van der Waals surface area (Å²) in [6, 6.07) is 3.46. The van der Waals surface area contributed by atoms with Crippen molar-refractivity contribution in [2.45, 2.75) is 39.3 Å². The van der Waals surface area contributed by atoms with Crippen LogP contribution in [0.2, 0.25) is 0 Å². The van der Waals surface area contributed by atoms with E-state index in [1.165, 1.54) is 6.20 Å². The lowest BCUT2D eigenvalue weighted by atomic mass is 10.3. The Bertz CT molecular complexity index is 549. The van der Waals surface area contributed by atoms with Gasteiger partial charge in [0.1, 0.15) is 6.54 Å².